The number of aromatic nitrogens is 3. The number of benzene rings is 2. The number of nitrogens with two attached hydrogens (primary N) is 1. The highest BCUT2D eigenvalue weighted by Crippen LogP contribution is 2.26. The first-order valence-corrected chi connectivity index (χ1v) is 10.6. The van der Waals surface area contributed by atoms with Crippen LogP contribution in [-0.4, -0.2) is 41.5 Å². The molecule has 1 aromatic heterocycles. The van der Waals surface area contributed by atoms with Crippen molar-refractivity contribution in [2.24, 2.45) is 0 Å². The third-order valence-corrected chi connectivity index (χ3v) is 5.08. The maximum absolute atomic E-state index is 5.85. The average molecular weight is 428 g/mol. The van der Waals surface area contributed by atoms with Crippen LogP contribution in [0.1, 0.15) is 12.2 Å². The predicted octanol–water partition coefficient (Wildman–Crippen LogP) is 3.92. The van der Waals surface area contributed by atoms with Gasteiger partial charge in [-0.3, -0.25) is 0 Å². The van der Waals surface area contributed by atoms with Gasteiger partial charge in [-0.1, -0.05) is 12.1 Å². The molecule has 3 rings (SSSR count). The molecule has 9 heteroatoms. The van der Waals surface area contributed by atoms with Gasteiger partial charge in [-0.25, -0.2) is 0 Å². The highest BCUT2D eigenvalue weighted by atomic mass is 32.2. The summed E-state index contributed by atoms with van der Waals surface area (Å²) in [4.78, 5) is 12.8. The van der Waals surface area contributed by atoms with Gasteiger partial charge in [0.1, 0.15) is 23.1 Å². The Hall–Kier alpha value is -3.20. The van der Waals surface area contributed by atoms with Crippen molar-refractivity contribution < 1.29 is 14.2 Å². The fourth-order valence-corrected chi connectivity index (χ4v) is 3.39. The average Bonchev–Trinajstić information content (AvgIpc) is 2.76. The monoisotopic (exact) mass is 427 g/mol. The Kier molecular flexibility index (Phi) is 7.96. The lowest BCUT2D eigenvalue weighted by molar-refractivity contribution is 0.318. The summed E-state index contributed by atoms with van der Waals surface area (Å²) in [5, 5.41) is 3.14. The van der Waals surface area contributed by atoms with Crippen LogP contribution in [0.25, 0.3) is 0 Å². The van der Waals surface area contributed by atoms with E-state index in [9.17, 15) is 0 Å². The number of para-hydroxylation sites is 2. The van der Waals surface area contributed by atoms with E-state index in [4.69, 9.17) is 19.9 Å². The van der Waals surface area contributed by atoms with Crippen LogP contribution < -0.4 is 25.3 Å². The van der Waals surface area contributed by atoms with E-state index >= 15 is 0 Å². The lowest BCUT2D eigenvalue weighted by Crippen LogP contribution is -2.07. The maximum Gasteiger partial charge on any atom is 0.232 e. The van der Waals surface area contributed by atoms with E-state index in [1.54, 1.807) is 26.0 Å². The minimum absolute atomic E-state index is 0.181. The van der Waals surface area contributed by atoms with E-state index in [-0.39, 0.29) is 5.95 Å². The molecular formula is C21H25N5O3S. The largest absolute Gasteiger partial charge is 0.497 e. The van der Waals surface area contributed by atoms with Gasteiger partial charge < -0.3 is 25.3 Å². The number of rotatable bonds is 11. The molecule has 0 aliphatic heterocycles. The number of ether oxygens (including phenoxy) is 3. The van der Waals surface area contributed by atoms with Gasteiger partial charge in [-0.05, 0) is 48.6 Å². The lowest BCUT2D eigenvalue weighted by atomic mass is 10.3. The third kappa shape index (κ3) is 6.41. The van der Waals surface area contributed by atoms with Gasteiger partial charge in [-0.15, -0.1) is 0 Å². The minimum Gasteiger partial charge on any atom is -0.497 e. The van der Waals surface area contributed by atoms with Crippen molar-refractivity contribution in [2.75, 3.05) is 37.6 Å². The standard InChI is InChI=1S/C21H25N5O3S/c1-27-15-8-10-16(11-9-15)29-12-5-13-30-14-19-24-20(22)26-21(25-19)23-17-6-3-4-7-18(17)28-2/h3-4,6-11H,5,12-14H2,1-2H3,(H3,22,23,24,25,26). The third-order valence-electron chi connectivity index (χ3n) is 4.04. The van der Waals surface area contributed by atoms with Crippen molar-refractivity contribution in [3.8, 4) is 17.2 Å². The molecule has 0 radical (unpaired) electrons. The van der Waals surface area contributed by atoms with E-state index in [1.807, 2.05) is 48.5 Å². The van der Waals surface area contributed by atoms with Gasteiger partial charge in [0.15, 0.2) is 0 Å². The minimum atomic E-state index is 0.181. The van der Waals surface area contributed by atoms with Crippen LogP contribution >= 0.6 is 11.8 Å². The van der Waals surface area contributed by atoms with Crippen LogP contribution in [-0.2, 0) is 5.75 Å². The number of nitrogens with zero attached hydrogens (tertiary/aromatic N) is 3. The van der Waals surface area contributed by atoms with E-state index in [0.717, 1.165) is 29.4 Å². The number of hydrogen-bond donors (Lipinski definition) is 2. The topological polar surface area (TPSA) is 104 Å². The summed E-state index contributed by atoms with van der Waals surface area (Å²) >= 11 is 1.72. The van der Waals surface area contributed by atoms with Crippen LogP contribution in [0.15, 0.2) is 48.5 Å². The molecule has 3 aromatic rings. The van der Waals surface area contributed by atoms with Crippen LogP contribution in [0.5, 0.6) is 17.2 Å². The van der Waals surface area contributed by atoms with Gasteiger partial charge in [-0.2, -0.15) is 26.7 Å². The Morgan fingerprint density at radius 1 is 0.933 bits per heavy atom. The molecule has 0 saturated heterocycles. The molecule has 0 atom stereocenters. The first kappa shape index (κ1) is 21.5. The summed E-state index contributed by atoms with van der Waals surface area (Å²) in [6.45, 7) is 0.638. The molecule has 0 amide bonds. The van der Waals surface area contributed by atoms with E-state index in [1.165, 1.54) is 0 Å². The number of methoxy groups -OCH3 is 2. The molecule has 0 unspecified atom stereocenters. The van der Waals surface area contributed by atoms with Crippen LogP contribution in [0, 0.1) is 0 Å². The highest BCUT2D eigenvalue weighted by Gasteiger charge is 2.08. The number of nitrogens with one attached hydrogen (secondary N) is 1. The molecule has 3 N–H and O–H groups in total. The predicted molar refractivity (Wildman–Crippen MR) is 120 cm³/mol. The zero-order valence-electron chi connectivity index (χ0n) is 17.0. The molecule has 0 spiro atoms. The summed E-state index contributed by atoms with van der Waals surface area (Å²) in [5.41, 5.74) is 6.61. The van der Waals surface area contributed by atoms with Crippen LogP contribution in [0.3, 0.4) is 0 Å². The fourth-order valence-electron chi connectivity index (χ4n) is 2.61. The zero-order valence-corrected chi connectivity index (χ0v) is 17.8. The second kappa shape index (κ2) is 11.1. The summed E-state index contributed by atoms with van der Waals surface area (Å²) in [5.74, 6) is 5.09. The molecule has 0 saturated carbocycles. The number of hydrogen-bond acceptors (Lipinski definition) is 9. The Morgan fingerprint density at radius 3 is 2.47 bits per heavy atom. The molecule has 0 bridgehead atoms. The van der Waals surface area contributed by atoms with Crippen molar-refractivity contribution in [2.45, 2.75) is 12.2 Å². The van der Waals surface area contributed by atoms with Crippen molar-refractivity contribution in [1.29, 1.82) is 0 Å². The molecule has 1 heterocycles. The van der Waals surface area contributed by atoms with Gasteiger partial charge in [0.05, 0.1) is 32.3 Å². The highest BCUT2D eigenvalue weighted by molar-refractivity contribution is 7.98. The smallest absolute Gasteiger partial charge is 0.232 e. The molecule has 0 fully saturated rings. The summed E-state index contributed by atoms with van der Waals surface area (Å²) < 4.78 is 16.2. The van der Waals surface area contributed by atoms with Gasteiger partial charge in [0, 0.05) is 0 Å². The van der Waals surface area contributed by atoms with Crippen LogP contribution in [0.2, 0.25) is 0 Å². The number of anilines is 3. The second-order valence-corrected chi connectivity index (χ2v) is 7.29. The van der Waals surface area contributed by atoms with Crippen molar-refractivity contribution in [3.63, 3.8) is 0 Å². The first-order valence-electron chi connectivity index (χ1n) is 9.43. The van der Waals surface area contributed by atoms with Crippen LogP contribution in [0.4, 0.5) is 17.6 Å². The Morgan fingerprint density at radius 2 is 1.70 bits per heavy atom. The summed E-state index contributed by atoms with van der Waals surface area (Å²) in [6.07, 6.45) is 0.906. The van der Waals surface area contributed by atoms with E-state index < -0.39 is 0 Å². The van der Waals surface area contributed by atoms with E-state index in [2.05, 4.69) is 20.3 Å². The van der Waals surface area contributed by atoms with Crippen molar-refractivity contribution in [1.82, 2.24) is 15.0 Å². The van der Waals surface area contributed by atoms with Crippen molar-refractivity contribution >= 4 is 29.3 Å². The quantitative estimate of drug-likeness (QED) is 0.441. The molecular weight excluding hydrogens is 402 g/mol. The maximum atomic E-state index is 5.85. The number of nitrogen functional groups attached to an aromatic ring is 1. The zero-order chi connectivity index (χ0) is 21.2. The summed E-state index contributed by atoms with van der Waals surface area (Å²) in [7, 11) is 3.26. The Bertz CT molecular complexity index is 940. The molecule has 8 nitrogen and oxygen atoms in total. The number of thioether (sulfide) groups is 1. The molecule has 30 heavy (non-hydrogen) atoms. The molecule has 0 aliphatic rings. The molecule has 2 aromatic carbocycles. The Labute approximate surface area is 180 Å². The summed E-state index contributed by atoms with van der Waals surface area (Å²) in [6, 6.07) is 15.1. The van der Waals surface area contributed by atoms with Gasteiger partial charge in [0.2, 0.25) is 11.9 Å². The molecule has 158 valence electrons. The van der Waals surface area contributed by atoms with Gasteiger partial charge >= 0.3 is 0 Å². The normalized spacial score (nSPS) is 10.5. The second-order valence-electron chi connectivity index (χ2n) is 6.19. The SMILES string of the molecule is COc1ccc(OCCCSCc2nc(N)nc(Nc3ccccc3OC)n2)cc1. The van der Waals surface area contributed by atoms with Crippen molar-refractivity contribution in [3.05, 3.63) is 54.4 Å². The van der Waals surface area contributed by atoms with E-state index in [0.29, 0.717) is 29.9 Å². The lowest BCUT2D eigenvalue weighted by Gasteiger charge is -2.10. The molecule has 0 aliphatic carbocycles. The van der Waals surface area contributed by atoms with Gasteiger partial charge in [0.25, 0.3) is 0 Å². The fraction of sp³-hybridized carbons (Fsp3) is 0.286. The Balaban J connectivity index is 1.45. The first-order chi connectivity index (χ1) is 14.7.